The van der Waals surface area contributed by atoms with Crippen molar-refractivity contribution in [1.29, 1.82) is 0 Å². The zero-order valence-electron chi connectivity index (χ0n) is 17.4. The first-order chi connectivity index (χ1) is 15.5. The predicted octanol–water partition coefficient (Wildman–Crippen LogP) is 3.57. The summed E-state index contributed by atoms with van der Waals surface area (Å²) < 4.78 is 5.75. The smallest absolute Gasteiger partial charge is 0.254 e. The normalized spacial score (nSPS) is 11.8. The van der Waals surface area contributed by atoms with E-state index in [-0.39, 0.29) is 12.5 Å². The number of pyridine rings is 1. The van der Waals surface area contributed by atoms with E-state index >= 15 is 0 Å². The zero-order valence-corrected chi connectivity index (χ0v) is 19.0. The molecule has 0 aliphatic heterocycles. The highest BCUT2D eigenvalue weighted by molar-refractivity contribution is 9.10. The number of carbonyl (C=O) groups excluding carboxylic acids is 1. The Morgan fingerprint density at radius 3 is 2.62 bits per heavy atom. The first-order valence-electron chi connectivity index (χ1n) is 9.76. The van der Waals surface area contributed by atoms with E-state index in [1.807, 2.05) is 13.0 Å². The van der Waals surface area contributed by atoms with Crippen LogP contribution in [0.3, 0.4) is 0 Å². The highest BCUT2D eigenvalue weighted by atomic mass is 79.9. The van der Waals surface area contributed by atoms with Gasteiger partial charge in [0.05, 0.1) is 35.4 Å². The number of hydrogen-bond acceptors (Lipinski definition) is 8. The van der Waals surface area contributed by atoms with Crippen LogP contribution in [0.25, 0.3) is 10.9 Å². The number of carbonyl (C=O) groups is 1. The van der Waals surface area contributed by atoms with Gasteiger partial charge in [0, 0.05) is 29.4 Å². The van der Waals surface area contributed by atoms with Gasteiger partial charge in [-0.3, -0.25) is 4.79 Å². The summed E-state index contributed by atoms with van der Waals surface area (Å²) in [5.41, 5.74) is 7.69. The second kappa shape index (κ2) is 9.23. The van der Waals surface area contributed by atoms with E-state index in [1.54, 1.807) is 53.7 Å². The Morgan fingerprint density at radius 1 is 1.16 bits per heavy atom. The van der Waals surface area contributed by atoms with Gasteiger partial charge >= 0.3 is 0 Å². The molecule has 4 rings (SSSR count). The van der Waals surface area contributed by atoms with E-state index in [9.17, 15) is 4.79 Å². The number of methoxy groups -OCH3 is 1. The number of benzene rings is 1. The van der Waals surface area contributed by atoms with Crippen molar-refractivity contribution in [1.82, 2.24) is 30.0 Å². The second-order valence-electron chi connectivity index (χ2n) is 7.05. The average Bonchev–Trinajstić information content (AvgIpc) is 2.83. The largest absolute Gasteiger partial charge is 0.480 e. The third kappa shape index (κ3) is 4.50. The minimum Gasteiger partial charge on any atom is -0.480 e. The van der Waals surface area contributed by atoms with E-state index in [4.69, 9.17) is 10.5 Å². The summed E-state index contributed by atoms with van der Waals surface area (Å²) >= 11 is 3.39. The lowest BCUT2D eigenvalue weighted by Crippen LogP contribution is -2.34. The van der Waals surface area contributed by atoms with Crippen molar-refractivity contribution < 1.29 is 9.53 Å². The molecule has 32 heavy (non-hydrogen) atoms. The van der Waals surface area contributed by atoms with Crippen LogP contribution in [-0.2, 0) is 6.54 Å². The van der Waals surface area contributed by atoms with E-state index in [0.717, 1.165) is 5.39 Å². The van der Waals surface area contributed by atoms with Gasteiger partial charge in [0.25, 0.3) is 5.91 Å². The molecule has 3 aromatic heterocycles. The quantitative estimate of drug-likeness (QED) is 0.432. The van der Waals surface area contributed by atoms with E-state index in [0.29, 0.717) is 38.8 Å². The van der Waals surface area contributed by atoms with Gasteiger partial charge in [-0.1, -0.05) is 0 Å². The summed E-state index contributed by atoms with van der Waals surface area (Å²) in [6.45, 7) is 2.10. The minimum atomic E-state index is -0.403. The van der Waals surface area contributed by atoms with Crippen LogP contribution < -0.4 is 10.5 Å². The van der Waals surface area contributed by atoms with E-state index < -0.39 is 6.04 Å². The number of amides is 1. The maximum absolute atomic E-state index is 13.6. The van der Waals surface area contributed by atoms with Crippen molar-refractivity contribution in [3.05, 3.63) is 76.4 Å². The standard InChI is InChI=1S/C22H20BrN7O2/c1-13(21-25-8-3-9-26-21)30(12-16-5-7-19(32-2)29-28-16)22(31)14-4-6-18-15(10-14)11-17(23)20(24)27-18/h3-11,13H,12H2,1-2H3,(H2,24,27)/t13-/m1/s1. The minimum absolute atomic E-state index is 0.197. The van der Waals surface area contributed by atoms with Gasteiger partial charge in [-0.25, -0.2) is 15.0 Å². The lowest BCUT2D eigenvalue weighted by atomic mass is 10.1. The molecule has 1 aromatic carbocycles. The van der Waals surface area contributed by atoms with Gasteiger partial charge in [0.1, 0.15) is 11.6 Å². The third-order valence-electron chi connectivity index (χ3n) is 4.97. The summed E-state index contributed by atoms with van der Waals surface area (Å²) in [4.78, 5) is 28.3. The van der Waals surface area contributed by atoms with Gasteiger partial charge in [-0.15, -0.1) is 5.10 Å². The maximum Gasteiger partial charge on any atom is 0.254 e. The van der Waals surface area contributed by atoms with Crippen LogP contribution in [0.4, 0.5) is 5.82 Å². The lowest BCUT2D eigenvalue weighted by molar-refractivity contribution is 0.0663. The molecule has 10 heteroatoms. The van der Waals surface area contributed by atoms with Crippen molar-refractivity contribution in [3.8, 4) is 5.88 Å². The Morgan fingerprint density at radius 2 is 1.94 bits per heavy atom. The molecule has 0 aliphatic carbocycles. The number of nitrogens with two attached hydrogens (primary N) is 1. The number of fused-ring (bicyclic) bond motifs is 1. The van der Waals surface area contributed by atoms with Crippen LogP contribution in [-0.4, -0.2) is 43.1 Å². The second-order valence-corrected chi connectivity index (χ2v) is 7.90. The molecule has 0 aliphatic rings. The molecule has 1 atom stereocenters. The van der Waals surface area contributed by atoms with Crippen molar-refractivity contribution in [2.24, 2.45) is 0 Å². The monoisotopic (exact) mass is 493 g/mol. The number of rotatable bonds is 6. The number of aromatic nitrogens is 5. The average molecular weight is 494 g/mol. The van der Waals surface area contributed by atoms with Gasteiger partial charge in [-0.05, 0) is 59.3 Å². The fraction of sp³-hybridized carbons (Fsp3) is 0.182. The van der Waals surface area contributed by atoms with Crippen LogP contribution in [0.15, 0.2) is 59.3 Å². The molecule has 0 bridgehead atoms. The molecule has 4 aromatic rings. The number of anilines is 1. The lowest BCUT2D eigenvalue weighted by Gasteiger charge is -2.28. The first kappa shape index (κ1) is 21.6. The molecule has 0 fully saturated rings. The molecule has 0 radical (unpaired) electrons. The number of nitrogen functional groups attached to an aromatic ring is 1. The Bertz CT molecular complexity index is 1250. The molecule has 9 nitrogen and oxygen atoms in total. The number of nitrogens with zero attached hydrogens (tertiary/aromatic N) is 6. The van der Waals surface area contributed by atoms with Crippen molar-refractivity contribution in [2.45, 2.75) is 19.5 Å². The SMILES string of the molecule is COc1ccc(CN(C(=O)c2ccc3nc(N)c(Br)cc3c2)[C@H](C)c2ncccn2)nn1. The van der Waals surface area contributed by atoms with Gasteiger partial charge in [0.2, 0.25) is 5.88 Å². The first-order valence-corrected chi connectivity index (χ1v) is 10.6. The van der Waals surface area contributed by atoms with Crippen LogP contribution in [0.5, 0.6) is 5.88 Å². The molecule has 2 N–H and O–H groups in total. The zero-order chi connectivity index (χ0) is 22.7. The molecule has 0 saturated heterocycles. The molecule has 0 unspecified atom stereocenters. The Balaban J connectivity index is 1.71. The summed E-state index contributed by atoms with van der Waals surface area (Å²) in [6, 6.07) is 12.0. The Labute approximate surface area is 192 Å². The van der Waals surface area contributed by atoms with Gasteiger partial charge in [0.15, 0.2) is 0 Å². The van der Waals surface area contributed by atoms with Gasteiger partial charge < -0.3 is 15.4 Å². The highest BCUT2D eigenvalue weighted by Gasteiger charge is 2.26. The van der Waals surface area contributed by atoms with Crippen LogP contribution in [0.2, 0.25) is 0 Å². The van der Waals surface area contributed by atoms with Crippen LogP contribution in [0.1, 0.15) is 34.8 Å². The predicted molar refractivity (Wildman–Crippen MR) is 123 cm³/mol. The van der Waals surface area contributed by atoms with Crippen LogP contribution in [0, 0.1) is 0 Å². The molecule has 162 valence electrons. The summed E-state index contributed by atoms with van der Waals surface area (Å²) in [6.07, 6.45) is 3.30. The maximum atomic E-state index is 13.6. The van der Waals surface area contributed by atoms with Crippen molar-refractivity contribution in [2.75, 3.05) is 12.8 Å². The van der Waals surface area contributed by atoms with E-state index in [2.05, 4.69) is 41.1 Å². The van der Waals surface area contributed by atoms with Gasteiger partial charge in [-0.2, -0.15) is 5.10 Å². The Hall–Kier alpha value is -3.66. The fourth-order valence-corrected chi connectivity index (χ4v) is 3.57. The molecular formula is C22H20BrN7O2. The highest BCUT2D eigenvalue weighted by Crippen LogP contribution is 2.26. The molecule has 3 heterocycles. The van der Waals surface area contributed by atoms with Crippen molar-refractivity contribution in [3.63, 3.8) is 0 Å². The number of hydrogen-bond donors (Lipinski definition) is 1. The number of ether oxygens (including phenoxy) is 1. The summed E-state index contributed by atoms with van der Waals surface area (Å²) in [5.74, 6) is 1.13. The summed E-state index contributed by atoms with van der Waals surface area (Å²) in [7, 11) is 1.52. The topological polar surface area (TPSA) is 120 Å². The third-order valence-corrected chi connectivity index (χ3v) is 5.60. The number of halogens is 1. The molecule has 0 saturated carbocycles. The van der Waals surface area contributed by atoms with Crippen LogP contribution >= 0.6 is 15.9 Å². The molecule has 0 spiro atoms. The summed E-state index contributed by atoms with van der Waals surface area (Å²) in [5, 5.41) is 8.98. The Kier molecular flexibility index (Phi) is 6.22. The molecular weight excluding hydrogens is 474 g/mol. The fourth-order valence-electron chi connectivity index (χ4n) is 3.23. The van der Waals surface area contributed by atoms with Crippen molar-refractivity contribution >= 4 is 38.6 Å². The van der Waals surface area contributed by atoms with E-state index in [1.165, 1.54) is 7.11 Å². The molecule has 1 amide bonds.